The number of amides is 2. The van der Waals surface area contributed by atoms with Crippen molar-refractivity contribution < 1.29 is 22.4 Å². The van der Waals surface area contributed by atoms with Crippen molar-refractivity contribution in [3.05, 3.63) is 94.7 Å². The molecule has 1 atom stereocenters. The number of carbonyl (C=O) groups excluding carboxylic acids is 2. The lowest BCUT2D eigenvalue weighted by Crippen LogP contribution is -2.53. The van der Waals surface area contributed by atoms with Crippen LogP contribution in [0.4, 0.5) is 10.1 Å². The van der Waals surface area contributed by atoms with Crippen molar-refractivity contribution in [2.45, 2.75) is 62.6 Å². The molecular formula is C30H33BrFN3O4S. The van der Waals surface area contributed by atoms with Crippen LogP contribution >= 0.6 is 15.9 Å². The fourth-order valence-electron chi connectivity index (χ4n) is 4.82. The number of sulfonamides is 1. The number of carbonyl (C=O) groups is 2. The first-order chi connectivity index (χ1) is 19.1. The van der Waals surface area contributed by atoms with Crippen molar-refractivity contribution >= 4 is 43.5 Å². The van der Waals surface area contributed by atoms with Crippen LogP contribution in [0, 0.1) is 5.82 Å². The van der Waals surface area contributed by atoms with E-state index < -0.39 is 34.3 Å². The van der Waals surface area contributed by atoms with E-state index in [1.807, 2.05) is 0 Å². The number of hydrogen-bond donors (Lipinski definition) is 1. The molecular weight excluding hydrogens is 597 g/mol. The van der Waals surface area contributed by atoms with E-state index >= 15 is 0 Å². The van der Waals surface area contributed by atoms with Gasteiger partial charge >= 0.3 is 0 Å². The van der Waals surface area contributed by atoms with E-state index in [0.29, 0.717) is 15.7 Å². The quantitative estimate of drug-likeness (QED) is 0.314. The summed E-state index contributed by atoms with van der Waals surface area (Å²) in [7, 11) is -4.13. The minimum atomic E-state index is -4.13. The third kappa shape index (κ3) is 7.48. The molecule has 4 rings (SSSR count). The Hall–Kier alpha value is -3.24. The molecule has 1 aliphatic rings. The molecule has 1 N–H and O–H groups in total. The molecule has 0 bridgehead atoms. The highest BCUT2D eigenvalue weighted by Crippen LogP contribution is 2.27. The normalized spacial score (nSPS) is 14.8. The zero-order valence-electron chi connectivity index (χ0n) is 22.3. The summed E-state index contributed by atoms with van der Waals surface area (Å²) in [6, 6.07) is 19.4. The average molecular weight is 631 g/mol. The van der Waals surface area contributed by atoms with Crippen LogP contribution < -0.4 is 9.62 Å². The Bertz CT molecular complexity index is 1410. The molecule has 10 heteroatoms. The maximum atomic E-state index is 14.0. The summed E-state index contributed by atoms with van der Waals surface area (Å²) >= 11 is 3.39. The van der Waals surface area contributed by atoms with Crippen LogP contribution in [0.25, 0.3) is 0 Å². The lowest BCUT2D eigenvalue weighted by atomic mass is 9.95. The molecule has 1 unspecified atom stereocenters. The van der Waals surface area contributed by atoms with Gasteiger partial charge in [-0.1, -0.05) is 71.6 Å². The third-order valence-electron chi connectivity index (χ3n) is 7.09. The van der Waals surface area contributed by atoms with E-state index in [2.05, 4.69) is 21.2 Å². The van der Waals surface area contributed by atoms with Crippen LogP contribution in [0.2, 0.25) is 0 Å². The van der Waals surface area contributed by atoms with Gasteiger partial charge in [0.1, 0.15) is 18.4 Å². The number of rotatable bonds is 10. The summed E-state index contributed by atoms with van der Waals surface area (Å²) < 4.78 is 42.9. The lowest BCUT2D eigenvalue weighted by molar-refractivity contribution is -0.139. The topological polar surface area (TPSA) is 86.8 Å². The van der Waals surface area contributed by atoms with Gasteiger partial charge in [0.05, 0.1) is 10.6 Å². The summed E-state index contributed by atoms with van der Waals surface area (Å²) in [5.41, 5.74) is 0.916. The highest BCUT2D eigenvalue weighted by molar-refractivity contribution is 9.10. The van der Waals surface area contributed by atoms with Crippen LogP contribution in [0.1, 0.15) is 44.6 Å². The van der Waals surface area contributed by atoms with Gasteiger partial charge in [0.25, 0.3) is 10.0 Å². The zero-order valence-corrected chi connectivity index (χ0v) is 24.7. The van der Waals surface area contributed by atoms with Gasteiger partial charge in [-0.25, -0.2) is 12.8 Å². The smallest absolute Gasteiger partial charge is 0.264 e. The van der Waals surface area contributed by atoms with E-state index in [-0.39, 0.29) is 23.4 Å². The van der Waals surface area contributed by atoms with Gasteiger partial charge in [-0.2, -0.15) is 0 Å². The molecule has 40 heavy (non-hydrogen) atoms. The zero-order chi connectivity index (χ0) is 28.7. The summed E-state index contributed by atoms with van der Waals surface area (Å²) in [5, 5.41) is 3.07. The average Bonchev–Trinajstić information content (AvgIpc) is 2.96. The molecule has 1 aliphatic carbocycles. The Morgan fingerprint density at radius 2 is 1.65 bits per heavy atom. The molecule has 212 valence electrons. The van der Waals surface area contributed by atoms with E-state index in [1.165, 1.54) is 29.2 Å². The lowest BCUT2D eigenvalue weighted by Gasteiger charge is -2.33. The van der Waals surface area contributed by atoms with Gasteiger partial charge in [-0.15, -0.1) is 0 Å². The predicted octanol–water partition coefficient (Wildman–Crippen LogP) is 5.65. The molecule has 2 amide bonds. The fraction of sp³-hybridized carbons (Fsp3) is 0.333. The summed E-state index contributed by atoms with van der Waals surface area (Å²) in [4.78, 5) is 28.7. The standard InChI is InChI=1S/C30H33BrFN3O4S/c1-22(30(37)33-26-10-4-2-5-11-26)34(20-23-15-17-25(32)18-16-23)29(36)21-35(27-12-8-9-24(31)19-27)40(38,39)28-13-6-3-7-14-28/h3,6-9,12-19,22,26H,2,4-5,10-11,20-21H2,1H3,(H,33,37). The highest BCUT2D eigenvalue weighted by Gasteiger charge is 2.33. The maximum Gasteiger partial charge on any atom is 0.264 e. The largest absolute Gasteiger partial charge is 0.352 e. The Labute approximate surface area is 243 Å². The van der Waals surface area contributed by atoms with Crippen molar-refractivity contribution in [2.24, 2.45) is 0 Å². The molecule has 0 aliphatic heterocycles. The van der Waals surface area contributed by atoms with Crippen molar-refractivity contribution in [3.63, 3.8) is 0 Å². The van der Waals surface area contributed by atoms with Gasteiger partial charge in [0.2, 0.25) is 11.8 Å². The fourth-order valence-corrected chi connectivity index (χ4v) is 6.63. The van der Waals surface area contributed by atoms with Crippen molar-refractivity contribution in [2.75, 3.05) is 10.8 Å². The number of nitrogens with zero attached hydrogens (tertiary/aromatic N) is 2. The first-order valence-electron chi connectivity index (χ1n) is 13.3. The Morgan fingerprint density at radius 1 is 0.975 bits per heavy atom. The summed E-state index contributed by atoms with van der Waals surface area (Å²) in [6.07, 6.45) is 4.98. The second-order valence-electron chi connectivity index (χ2n) is 9.97. The molecule has 1 fully saturated rings. The molecule has 0 spiro atoms. The molecule has 3 aromatic carbocycles. The van der Waals surface area contributed by atoms with E-state index in [0.717, 1.165) is 36.4 Å². The van der Waals surface area contributed by atoms with E-state index in [4.69, 9.17) is 0 Å². The third-order valence-corrected chi connectivity index (χ3v) is 9.37. The van der Waals surface area contributed by atoms with E-state index in [9.17, 15) is 22.4 Å². The molecule has 0 saturated heterocycles. The Balaban J connectivity index is 1.66. The summed E-state index contributed by atoms with van der Waals surface area (Å²) in [5.74, 6) is -1.28. The monoisotopic (exact) mass is 629 g/mol. The van der Waals surface area contributed by atoms with Crippen molar-refractivity contribution in [1.82, 2.24) is 10.2 Å². The number of benzene rings is 3. The second kappa shape index (κ2) is 13.4. The maximum absolute atomic E-state index is 14.0. The predicted molar refractivity (Wildman–Crippen MR) is 157 cm³/mol. The number of halogens is 2. The number of hydrogen-bond acceptors (Lipinski definition) is 4. The van der Waals surface area contributed by atoms with Crippen LogP contribution in [0.5, 0.6) is 0 Å². The van der Waals surface area contributed by atoms with Crippen LogP contribution in [-0.2, 0) is 26.2 Å². The van der Waals surface area contributed by atoms with Gasteiger partial charge in [0.15, 0.2) is 0 Å². The summed E-state index contributed by atoms with van der Waals surface area (Å²) in [6.45, 7) is 1.11. The molecule has 1 saturated carbocycles. The first-order valence-corrected chi connectivity index (χ1v) is 15.6. The first kappa shape index (κ1) is 29.7. The van der Waals surface area contributed by atoms with Crippen molar-refractivity contribution in [1.29, 1.82) is 0 Å². The molecule has 0 heterocycles. The Morgan fingerprint density at radius 3 is 2.30 bits per heavy atom. The SMILES string of the molecule is CC(C(=O)NC1CCCCC1)N(Cc1ccc(F)cc1)C(=O)CN(c1cccc(Br)c1)S(=O)(=O)c1ccccc1. The Kier molecular flexibility index (Phi) is 9.97. The van der Waals surface area contributed by atoms with Crippen molar-refractivity contribution in [3.8, 4) is 0 Å². The van der Waals surface area contributed by atoms with Gasteiger partial charge < -0.3 is 10.2 Å². The second-order valence-corrected chi connectivity index (χ2v) is 12.8. The molecule has 3 aromatic rings. The van der Waals surface area contributed by atoms with Gasteiger partial charge in [0, 0.05) is 17.1 Å². The minimum Gasteiger partial charge on any atom is -0.352 e. The van der Waals surface area contributed by atoms with Crippen LogP contribution in [0.3, 0.4) is 0 Å². The van der Waals surface area contributed by atoms with Gasteiger partial charge in [-0.05, 0) is 67.8 Å². The molecule has 0 radical (unpaired) electrons. The number of anilines is 1. The number of nitrogens with one attached hydrogen (secondary N) is 1. The highest BCUT2D eigenvalue weighted by atomic mass is 79.9. The minimum absolute atomic E-state index is 0.01000. The van der Waals surface area contributed by atoms with Gasteiger partial charge in [-0.3, -0.25) is 13.9 Å². The van der Waals surface area contributed by atoms with Crippen LogP contribution in [0.15, 0.2) is 88.2 Å². The van der Waals surface area contributed by atoms with Crippen LogP contribution in [-0.4, -0.2) is 43.8 Å². The molecule has 0 aromatic heterocycles. The molecule has 7 nitrogen and oxygen atoms in total. The van der Waals surface area contributed by atoms with E-state index in [1.54, 1.807) is 61.5 Å².